The number of ether oxygens (including phenoxy) is 2. The molecule has 0 spiro atoms. The summed E-state index contributed by atoms with van der Waals surface area (Å²) in [5, 5.41) is 29.4. The molecule has 2 aromatic rings. The number of carbonyl (C=O) groups is 2. The van der Waals surface area contributed by atoms with E-state index in [-0.39, 0.29) is 28.4 Å². The van der Waals surface area contributed by atoms with Crippen LogP contribution in [0.1, 0.15) is 34.3 Å². The normalized spacial score (nSPS) is 11.7. The Balaban J connectivity index is 2.59. The smallest absolute Gasteiger partial charge is 0.318 e. The Morgan fingerprint density at radius 3 is 2.23 bits per heavy atom. The van der Waals surface area contributed by atoms with E-state index in [9.17, 15) is 24.9 Å². The first-order valence-electron chi connectivity index (χ1n) is 7.87. The predicted molar refractivity (Wildman–Crippen MR) is 93.4 cm³/mol. The van der Waals surface area contributed by atoms with Gasteiger partial charge in [-0.25, -0.2) is 0 Å². The van der Waals surface area contributed by atoms with Gasteiger partial charge in [-0.15, -0.1) is 0 Å². The highest BCUT2D eigenvalue weighted by molar-refractivity contribution is 6.13. The van der Waals surface area contributed by atoms with Gasteiger partial charge in [0.05, 0.1) is 14.2 Å². The molecule has 2 aromatic carbocycles. The lowest BCUT2D eigenvalue weighted by Crippen LogP contribution is -2.23. The maximum atomic E-state index is 12.9. The largest absolute Gasteiger partial charge is 0.508 e. The van der Waals surface area contributed by atoms with Gasteiger partial charge in [-0.2, -0.15) is 0 Å². The molecule has 0 amide bonds. The lowest BCUT2D eigenvalue weighted by Gasteiger charge is -2.18. The first kappa shape index (κ1) is 19.1. The monoisotopic (exact) mass is 360 g/mol. The lowest BCUT2D eigenvalue weighted by atomic mass is 9.86. The average molecular weight is 360 g/mol. The van der Waals surface area contributed by atoms with Crippen molar-refractivity contribution in [3.05, 3.63) is 47.0 Å². The van der Waals surface area contributed by atoms with E-state index in [0.29, 0.717) is 17.7 Å². The van der Waals surface area contributed by atoms with Crippen molar-refractivity contribution in [3.8, 4) is 23.0 Å². The number of carbonyl (C=O) groups excluding carboxylic acids is 1. The summed E-state index contributed by atoms with van der Waals surface area (Å²) in [4.78, 5) is 24.7. The number of methoxy groups -OCH3 is 2. The van der Waals surface area contributed by atoms with Gasteiger partial charge in [0.2, 0.25) is 0 Å². The first-order valence-corrected chi connectivity index (χ1v) is 7.87. The van der Waals surface area contributed by atoms with Gasteiger partial charge in [-0.1, -0.05) is 6.92 Å². The number of hydrogen-bond donors (Lipinski definition) is 3. The molecule has 0 aliphatic rings. The van der Waals surface area contributed by atoms with Crippen molar-refractivity contribution in [2.24, 2.45) is 0 Å². The van der Waals surface area contributed by atoms with E-state index in [1.807, 2.05) is 0 Å². The van der Waals surface area contributed by atoms with Gasteiger partial charge in [0.25, 0.3) is 0 Å². The number of phenolic OH excluding ortho intramolecular Hbond substituents is 2. The highest BCUT2D eigenvalue weighted by atomic mass is 16.5. The van der Waals surface area contributed by atoms with E-state index < -0.39 is 17.7 Å². The molecule has 26 heavy (non-hydrogen) atoms. The minimum atomic E-state index is -1.58. The number of hydrogen-bond acceptors (Lipinski definition) is 6. The zero-order valence-electron chi connectivity index (χ0n) is 14.6. The molecule has 0 saturated heterocycles. The molecule has 0 heterocycles. The molecule has 2 rings (SSSR count). The molecule has 138 valence electrons. The highest BCUT2D eigenvalue weighted by Crippen LogP contribution is 2.35. The standard InChI is InChI=1S/C19H20O7/c1-4-12-13(8-11(20)9-14(12)21)17(19(23)24)18(22)10-5-6-15(25-2)16(7-10)26-3/h5-9,17,20-21H,4H2,1-3H3,(H,23,24). The van der Waals surface area contributed by atoms with E-state index in [4.69, 9.17) is 9.47 Å². The van der Waals surface area contributed by atoms with Gasteiger partial charge < -0.3 is 24.8 Å². The molecule has 1 atom stereocenters. The Hall–Kier alpha value is -3.22. The summed E-state index contributed by atoms with van der Waals surface area (Å²) < 4.78 is 10.3. The molecular weight excluding hydrogens is 340 g/mol. The topological polar surface area (TPSA) is 113 Å². The minimum Gasteiger partial charge on any atom is -0.508 e. The number of carboxylic acids is 1. The summed E-state index contributed by atoms with van der Waals surface area (Å²) in [6, 6.07) is 6.64. The van der Waals surface area contributed by atoms with Crippen molar-refractivity contribution < 1.29 is 34.4 Å². The quantitative estimate of drug-likeness (QED) is 0.514. The van der Waals surface area contributed by atoms with Crippen LogP contribution < -0.4 is 9.47 Å². The first-order chi connectivity index (χ1) is 12.3. The van der Waals surface area contributed by atoms with Crippen LogP contribution in [-0.4, -0.2) is 41.3 Å². The number of aliphatic carboxylic acids is 1. The molecular formula is C19H20O7. The molecule has 0 radical (unpaired) electrons. The lowest BCUT2D eigenvalue weighted by molar-refractivity contribution is -0.137. The SMILES string of the molecule is CCc1c(O)cc(O)cc1C(C(=O)O)C(=O)c1ccc(OC)c(OC)c1. The van der Waals surface area contributed by atoms with Gasteiger partial charge in [-0.3, -0.25) is 9.59 Å². The number of phenols is 2. The van der Waals surface area contributed by atoms with E-state index >= 15 is 0 Å². The number of rotatable bonds is 7. The summed E-state index contributed by atoms with van der Waals surface area (Å²) in [5.74, 6) is -3.55. The third-order valence-electron chi connectivity index (χ3n) is 4.09. The zero-order valence-corrected chi connectivity index (χ0v) is 14.6. The molecule has 0 saturated carbocycles. The number of Topliss-reactive ketones (excluding diaryl/α,β-unsaturated/α-hetero) is 1. The minimum absolute atomic E-state index is 0.0530. The molecule has 7 heteroatoms. The van der Waals surface area contributed by atoms with Crippen LogP contribution in [0.15, 0.2) is 30.3 Å². The van der Waals surface area contributed by atoms with Gasteiger partial charge in [-0.05, 0) is 41.8 Å². The van der Waals surface area contributed by atoms with Crippen molar-refractivity contribution in [2.45, 2.75) is 19.3 Å². The fraction of sp³-hybridized carbons (Fsp3) is 0.263. The Morgan fingerprint density at radius 1 is 1.04 bits per heavy atom. The van der Waals surface area contributed by atoms with Gasteiger partial charge in [0, 0.05) is 11.6 Å². The molecule has 3 N–H and O–H groups in total. The van der Waals surface area contributed by atoms with Crippen LogP contribution in [0.4, 0.5) is 0 Å². The van der Waals surface area contributed by atoms with Crippen molar-refractivity contribution in [3.63, 3.8) is 0 Å². The maximum absolute atomic E-state index is 12.9. The van der Waals surface area contributed by atoms with Crippen LogP contribution in [0.5, 0.6) is 23.0 Å². The van der Waals surface area contributed by atoms with Crippen LogP contribution >= 0.6 is 0 Å². The fourth-order valence-corrected chi connectivity index (χ4v) is 2.85. The Kier molecular flexibility index (Phi) is 5.71. The van der Waals surface area contributed by atoms with Crippen LogP contribution in [0.2, 0.25) is 0 Å². The molecule has 1 unspecified atom stereocenters. The maximum Gasteiger partial charge on any atom is 0.318 e. The van der Waals surface area contributed by atoms with Crippen molar-refractivity contribution >= 4 is 11.8 Å². The Labute approximate surface area is 150 Å². The van der Waals surface area contributed by atoms with E-state index in [1.54, 1.807) is 6.92 Å². The van der Waals surface area contributed by atoms with E-state index in [2.05, 4.69) is 0 Å². The van der Waals surface area contributed by atoms with Gasteiger partial charge in [0.1, 0.15) is 17.4 Å². The summed E-state index contributed by atoms with van der Waals surface area (Å²) in [7, 11) is 2.85. The molecule has 0 aliphatic heterocycles. The predicted octanol–water partition coefficient (Wildman–Crippen LogP) is 2.73. The third-order valence-corrected chi connectivity index (χ3v) is 4.09. The second-order valence-electron chi connectivity index (χ2n) is 5.59. The second-order valence-corrected chi connectivity index (χ2v) is 5.59. The zero-order chi connectivity index (χ0) is 19.4. The number of aromatic hydroxyl groups is 2. The van der Waals surface area contributed by atoms with E-state index in [1.165, 1.54) is 38.5 Å². The molecule has 0 bridgehead atoms. The number of carboxylic acid groups (broad SMARTS) is 1. The van der Waals surface area contributed by atoms with Crippen LogP contribution in [0, 0.1) is 0 Å². The van der Waals surface area contributed by atoms with Crippen molar-refractivity contribution in [1.82, 2.24) is 0 Å². The van der Waals surface area contributed by atoms with Crippen LogP contribution in [0.25, 0.3) is 0 Å². The summed E-state index contributed by atoms with van der Waals surface area (Å²) in [6.07, 6.45) is 0.296. The number of ketones is 1. The van der Waals surface area contributed by atoms with Crippen LogP contribution in [0.3, 0.4) is 0 Å². The number of benzene rings is 2. The fourth-order valence-electron chi connectivity index (χ4n) is 2.85. The highest BCUT2D eigenvalue weighted by Gasteiger charge is 2.32. The second kappa shape index (κ2) is 7.77. The van der Waals surface area contributed by atoms with E-state index in [0.717, 1.165) is 6.07 Å². The van der Waals surface area contributed by atoms with Gasteiger partial charge in [0.15, 0.2) is 17.3 Å². The Morgan fingerprint density at radius 2 is 1.69 bits per heavy atom. The van der Waals surface area contributed by atoms with Crippen LogP contribution in [-0.2, 0) is 11.2 Å². The summed E-state index contributed by atoms with van der Waals surface area (Å²) in [6.45, 7) is 1.72. The van der Waals surface area contributed by atoms with Crippen molar-refractivity contribution in [2.75, 3.05) is 14.2 Å². The molecule has 0 fully saturated rings. The molecule has 0 aliphatic carbocycles. The summed E-state index contributed by atoms with van der Waals surface area (Å²) >= 11 is 0. The molecule has 0 aromatic heterocycles. The Bertz CT molecular complexity index is 842. The third kappa shape index (κ3) is 3.56. The molecule has 7 nitrogen and oxygen atoms in total. The average Bonchev–Trinajstić information content (AvgIpc) is 2.60. The summed E-state index contributed by atoms with van der Waals surface area (Å²) in [5.41, 5.74) is 0.459. The van der Waals surface area contributed by atoms with Gasteiger partial charge >= 0.3 is 5.97 Å². The van der Waals surface area contributed by atoms with Crippen molar-refractivity contribution in [1.29, 1.82) is 0 Å².